The first kappa shape index (κ1) is 12.0. The van der Waals surface area contributed by atoms with E-state index in [1.807, 2.05) is 0 Å². The van der Waals surface area contributed by atoms with Crippen LogP contribution in [0.1, 0.15) is 5.56 Å². The monoisotopic (exact) mass is 255 g/mol. The van der Waals surface area contributed by atoms with Gasteiger partial charge in [0.15, 0.2) is 0 Å². The molecular formula is C8H2Cl2F3NO. The Kier molecular flexibility index (Phi) is 3.32. The predicted molar refractivity (Wildman–Crippen MR) is 47.9 cm³/mol. The molecule has 0 aliphatic rings. The molecule has 0 unspecified atom stereocenters. The zero-order valence-corrected chi connectivity index (χ0v) is 8.41. The number of nitriles is 1. The lowest BCUT2D eigenvalue weighted by Crippen LogP contribution is -2.17. The maximum atomic E-state index is 11.9. The SMILES string of the molecule is N#Cc1c(OC(F)(F)F)ccc(Cl)c1Cl. The molecule has 0 fully saturated rings. The number of hydrogen-bond acceptors (Lipinski definition) is 2. The minimum atomic E-state index is -4.87. The van der Waals surface area contributed by atoms with Gasteiger partial charge in [-0.15, -0.1) is 13.2 Å². The molecule has 15 heavy (non-hydrogen) atoms. The Morgan fingerprint density at radius 3 is 2.33 bits per heavy atom. The Hall–Kier alpha value is -1.12. The van der Waals surface area contributed by atoms with Gasteiger partial charge in [-0.2, -0.15) is 5.26 Å². The maximum Gasteiger partial charge on any atom is 0.573 e. The van der Waals surface area contributed by atoms with Crippen LogP contribution in [-0.4, -0.2) is 6.36 Å². The molecule has 0 N–H and O–H groups in total. The van der Waals surface area contributed by atoms with Gasteiger partial charge in [0.2, 0.25) is 0 Å². The topological polar surface area (TPSA) is 33.0 Å². The van der Waals surface area contributed by atoms with Gasteiger partial charge in [0, 0.05) is 0 Å². The zero-order valence-electron chi connectivity index (χ0n) is 6.90. The van der Waals surface area contributed by atoms with E-state index >= 15 is 0 Å². The maximum absolute atomic E-state index is 11.9. The van der Waals surface area contributed by atoms with Crippen molar-refractivity contribution in [3.8, 4) is 11.8 Å². The molecule has 0 saturated carbocycles. The summed E-state index contributed by atoms with van der Waals surface area (Å²) in [5, 5.41) is 8.31. The average Bonchev–Trinajstić information content (AvgIpc) is 2.10. The van der Waals surface area contributed by atoms with Gasteiger partial charge in [0.25, 0.3) is 0 Å². The average molecular weight is 256 g/mol. The molecule has 0 aliphatic heterocycles. The fourth-order valence-corrected chi connectivity index (χ4v) is 1.20. The Morgan fingerprint density at radius 2 is 1.87 bits per heavy atom. The van der Waals surface area contributed by atoms with Crippen molar-refractivity contribution < 1.29 is 17.9 Å². The first-order chi connectivity index (χ1) is 6.85. The summed E-state index contributed by atoms with van der Waals surface area (Å²) >= 11 is 11.0. The first-order valence-electron chi connectivity index (χ1n) is 3.49. The minimum Gasteiger partial charge on any atom is -0.404 e. The van der Waals surface area contributed by atoms with Crippen LogP contribution >= 0.6 is 23.2 Å². The van der Waals surface area contributed by atoms with Gasteiger partial charge >= 0.3 is 6.36 Å². The lowest BCUT2D eigenvalue weighted by molar-refractivity contribution is -0.274. The summed E-state index contributed by atoms with van der Waals surface area (Å²) in [5.74, 6) is -0.667. The molecule has 0 aromatic heterocycles. The van der Waals surface area contributed by atoms with Crippen molar-refractivity contribution in [1.82, 2.24) is 0 Å². The van der Waals surface area contributed by atoms with Gasteiger partial charge in [0.1, 0.15) is 17.4 Å². The van der Waals surface area contributed by atoms with Crippen LogP contribution in [0.15, 0.2) is 12.1 Å². The van der Waals surface area contributed by atoms with E-state index in [1.165, 1.54) is 6.07 Å². The summed E-state index contributed by atoms with van der Waals surface area (Å²) in [6, 6.07) is 3.53. The molecule has 0 amide bonds. The fourth-order valence-electron chi connectivity index (χ4n) is 0.847. The number of ether oxygens (including phenoxy) is 1. The van der Waals surface area contributed by atoms with E-state index in [4.69, 9.17) is 28.5 Å². The van der Waals surface area contributed by atoms with Gasteiger partial charge in [-0.25, -0.2) is 0 Å². The lowest BCUT2D eigenvalue weighted by Gasteiger charge is -2.11. The van der Waals surface area contributed by atoms with Crippen molar-refractivity contribution in [1.29, 1.82) is 5.26 Å². The van der Waals surface area contributed by atoms with E-state index in [2.05, 4.69) is 4.74 Å². The molecule has 2 nitrogen and oxygen atoms in total. The van der Waals surface area contributed by atoms with Crippen molar-refractivity contribution in [3.63, 3.8) is 0 Å². The molecule has 0 bridgehead atoms. The van der Waals surface area contributed by atoms with Crippen LogP contribution in [0.3, 0.4) is 0 Å². The zero-order chi connectivity index (χ0) is 11.6. The molecule has 0 radical (unpaired) electrons. The molecule has 0 spiro atoms. The van der Waals surface area contributed by atoms with Crippen molar-refractivity contribution in [2.75, 3.05) is 0 Å². The Bertz CT molecular complexity index is 425. The Morgan fingerprint density at radius 1 is 1.27 bits per heavy atom. The minimum absolute atomic E-state index is 0.0114. The van der Waals surface area contributed by atoms with Crippen LogP contribution in [0.5, 0.6) is 5.75 Å². The van der Waals surface area contributed by atoms with E-state index in [0.29, 0.717) is 0 Å². The second-order valence-electron chi connectivity index (χ2n) is 2.39. The third-order valence-electron chi connectivity index (χ3n) is 1.39. The summed E-state index contributed by atoms with van der Waals surface area (Å²) in [6.07, 6.45) is -4.87. The van der Waals surface area contributed by atoms with Crippen LogP contribution in [0.2, 0.25) is 10.0 Å². The van der Waals surface area contributed by atoms with Crippen LogP contribution < -0.4 is 4.74 Å². The highest BCUT2D eigenvalue weighted by molar-refractivity contribution is 6.42. The second-order valence-corrected chi connectivity index (χ2v) is 3.18. The van der Waals surface area contributed by atoms with Crippen LogP contribution in [0.25, 0.3) is 0 Å². The number of nitrogens with zero attached hydrogens (tertiary/aromatic N) is 1. The van der Waals surface area contributed by atoms with Crippen molar-refractivity contribution in [2.45, 2.75) is 6.36 Å². The molecule has 1 aromatic carbocycles. The smallest absolute Gasteiger partial charge is 0.404 e. The molecule has 80 valence electrons. The van der Waals surface area contributed by atoms with Gasteiger partial charge in [-0.05, 0) is 12.1 Å². The largest absolute Gasteiger partial charge is 0.573 e. The third-order valence-corrected chi connectivity index (χ3v) is 2.20. The molecular weight excluding hydrogens is 254 g/mol. The summed E-state index contributed by atoms with van der Waals surface area (Å²) in [6.45, 7) is 0. The Labute approximate surface area is 92.8 Å². The molecule has 0 aliphatic carbocycles. The van der Waals surface area contributed by atoms with Gasteiger partial charge in [-0.3, -0.25) is 0 Å². The molecule has 0 saturated heterocycles. The normalized spacial score (nSPS) is 10.9. The lowest BCUT2D eigenvalue weighted by atomic mass is 10.2. The first-order valence-corrected chi connectivity index (χ1v) is 4.24. The highest BCUT2D eigenvalue weighted by atomic mass is 35.5. The van der Waals surface area contributed by atoms with E-state index in [1.54, 1.807) is 0 Å². The van der Waals surface area contributed by atoms with Gasteiger partial charge in [-0.1, -0.05) is 23.2 Å². The van der Waals surface area contributed by atoms with Crippen LogP contribution in [-0.2, 0) is 0 Å². The number of rotatable bonds is 1. The summed E-state index contributed by atoms with van der Waals surface area (Å²) in [7, 11) is 0. The van der Waals surface area contributed by atoms with Gasteiger partial charge in [0.05, 0.1) is 10.0 Å². The fraction of sp³-hybridized carbons (Fsp3) is 0.125. The summed E-state index contributed by atoms with van der Waals surface area (Å²) in [5.41, 5.74) is -0.443. The number of hydrogen-bond donors (Lipinski definition) is 0. The Balaban J connectivity index is 3.21. The standard InChI is InChI=1S/C8H2Cl2F3NO/c9-5-1-2-6(15-8(11,12)13)4(3-14)7(5)10/h1-2H. The van der Waals surface area contributed by atoms with E-state index in [9.17, 15) is 13.2 Å². The molecule has 1 rings (SSSR count). The van der Waals surface area contributed by atoms with E-state index in [0.717, 1.165) is 12.1 Å². The van der Waals surface area contributed by atoms with Crippen molar-refractivity contribution in [3.05, 3.63) is 27.7 Å². The second kappa shape index (κ2) is 4.17. The number of halogens is 5. The summed E-state index contributed by atoms with van der Waals surface area (Å²) < 4.78 is 39.2. The third kappa shape index (κ3) is 2.91. The summed E-state index contributed by atoms with van der Waals surface area (Å²) in [4.78, 5) is 0. The highest BCUT2D eigenvalue weighted by Crippen LogP contribution is 2.34. The van der Waals surface area contributed by atoms with Crippen LogP contribution in [0, 0.1) is 11.3 Å². The van der Waals surface area contributed by atoms with E-state index in [-0.39, 0.29) is 10.0 Å². The number of alkyl halides is 3. The molecule has 0 atom stereocenters. The highest BCUT2D eigenvalue weighted by Gasteiger charge is 2.32. The number of benzene rings is 1. The van der Waals surface area contributed by atoms with Gasteiger partial charge < -0.3 is 4.74 Å². The molecule has 1 aromatic rings. The van der Waals surface area contributed by atoms with E-state index < -0.39 is 17.7 Å². The molecule has 7 heteroatoms. The van der Waals surface area contributed by atoms with Crippen molar-refractivity contribution in [2.24, 2.45) is 0 Å². The molecule has 0 heterocycles. The van der Waals surface area contributed by atoms with Crippen LogP contribution in [0.4, 0.5) is 13.2 Å². The van der Waals surface area contributed by atoms with Crippen molar-refractivity contribution >= 4 is 23.2 Å². The predicted octanol–water partition coefficient (Wildman–Crippen LogP) is 3.76. The quantitative estimate of drug-likeness (QED) is 0.766.